The number of hydrogen-bond donors (Lipinski definition) is 0. The van der Waals surface area contributed by atoms with Crippen LogP contribution in [0.15, 0.2) is 69.0 Å². The van der Waals surface area contributed by atoms with Gasteiger partial charge in [0, 0.05) is 5.56 Å². The minimum Gasteiger partial charge on any atom is -0.464 e. The topological polar surface area (TPSA) is 42.6 Å². The lowest BCUT2D eigenvalue weighted by molar-refractivity contribution is 0.587. The largest absolute Gasteiger partial charge is 0.464 e. The average molecular weight is 343 g/mol. The summed E-state index contributed by atoms with van der Waals surface area (Å²) in [7, 11) is 3.01. The Morgan fingerprint density at radius 3 is 2.78 bits per heavy atom. The molecular formula is C17H10FNO2S2. The van der Waals surface area contributed by atoms with Gasteiger partial charge in [-0.2, -0.15) is 0 Å². The van der Waals surface area contributed by atoms with Crippen LogP contribution in [0, 0.1) is 5.82 Å². The zero-order chi connectivity index (χ0) is 15.8. The summed E-state index contributed by atoms with van der Waals surface area (Å²) < 4.78 is 18.9. The van der Waals surface area contributed by atoms with Crippen molar-refractivity contribution in [3.63, 3.8) is 0 Å². The number of hydrogen-bond acceptors (Lipinski definition) is 5. The summed E-state index contributed by atoms with van der Waals surface area (Å²) >= 11 is 0. The first kappa shape index (κ1) is 14.5. The summed E-state index contributed by atoms with van der Waals surface area (Å²) in [5.74, 6) is -0.455. The molecule has 2 aromatic carbocycles. The lowest BCUT2D eigenvalue weighted by Gasteiger charge is -2.05. The highest BCUT2D eigenvalue weighted by molar-refractivity contribution is 8.82. The maximum atomic E-state index is 13.4. The Hall–Kier alpha value is -2.05. The van der Waals surface area contributed by atoms with E-state index in [1.165, 1.54) is 46.1 Å². The summed E-state index contributed by atoms with van der Waals surface area (Å²) in [6, 6.07) is 13.7. The second kappa shape index (κ2) is 5.86. The van der Waals surface area contributed by atoms with Gasteiger partial charge in [0.1, 0.15) is 28.1 Å². The van der Waals surface area contributed by atoms with Crippen LogP contribution in [-0.4, -0.2) is 5.04 Å². The molecule has 0 saturated carbocycles. The Balaban J connectivity index is 1.77. The van der Waals surface area contributed by atoms with Gasteiger partial charge in [-0.15, -0.1) is 0 Å². The fourth-order valence-corrected chi connectivity index (χ4v) is 4.80. The van der Waals surface area contributed by atoms with Crippen molar-refractivity contribution in [2.45, 2.75) is 5.37 Å². The molecule has 6 heteroatoms. The van der Waals surface area contributed by atoms with E-state index in [0.717, 1.165) is 10.6 Å². The van der Waals surface area contributed by atoms with E-state index < -0.39 is 5.82 Å². The van der Waals surface area contributed by atoms with Crippen molar-refractivity contribution in [3.05, 3.63) is 82.0 Å². The fraction of sp³-hybridized carbons (Fsp3) is 0.0588. The molecule has 0 bridgehead atoms. The maximum Gasteiger partial charge on any atom is 0.199 e. The summed E-state index contributed by atoms with van der Waals surface area (Å²) in [5, 5.41) is 0.773. The minimum absolute atomic E-state index is 0.234. The molecule has 114 valence electrons. The molecular weight excluding hydrogens is 333 g/mol. The highest BCUT2D eigenvalue weighted by Gasteiger charge is 2.25. The smallest absolute Gasteiger partial charge is 0.199 e. The van der Waals surface area contributed by atoms with E-state index >= 15 is 0 Å². The molecule has 0 saturated heterocycles. The van der Waals surface area contributed by atoms with Crippen LogP contribution in [0.3, 0.4) is 0 Å². The van der Waals surface area contributed by atoms with Crippen LogP contribution in [-0.2, 0) is 0 Å². The monoisotopic (exact) mass is 343 g/mol. The van der Waals surface area contributed by atoms with E-state index in [-0.39, 0.29) is 16.2 Å². The molecule has 0 fully saturated rings. The van der Waals surface area contributed by atoms with Gasteiger partial charge >= 0.3 is 0 Å². The van der Waals surface area contributed by atoms with E-state index in [9.17, 15) is 9.18 Å². The van der Waals surface area contributed by atoms with Crippen molar-refractivity contribution >= 4 is 37.6 Å². The Labute approximate surface area is 139 Å². The van der Waals surface area contributed by atoms with E-state index in [1.807, 2.05) is 30.3 Å². The van der Waals surface area contributed by atoms with Gasteiger partial charge in [0.15, 0.2) is 5.43 Å². The van der Waals surface area contributed by atoms with Gasteiger partial charge < -0.3 is 4.42 Å². The zero-order valence-electron chi connectivity index (χ0n) is 11.7. The molecule has 1 aromatic heterocycles. The molecule has 23 heavy (non-hydrogen) atoms. The molecule has 0 radical (unpaired) electrons. The number of rotatable bonds is 2. The molecule has 4 rings (SSSR count). The van der Waals surface area contributed by atoms with Crippen LogP contribution in [0.4, 0.5) is 4.39 Å². The van der Waals surface area contributed by atoms with E-state index in [2.05, 4.69) is 4.99 Å². The third kappa shape index (κ3) is 2.68. The van der Waals surface area contributed by atoms with Crippen LogP contribution in [0.2, 0.25) is 0 Å². The van der Waals surface area contributed by atoms with Gasteiger partial charge in [0.05, 0.1) is 10.9 Å². The number of fused-ring (bicyclic) bond motifs is 1. The van der Waals surface area contributed by atoms with Crippen molar-refractivity contribution in [2.75, 3.05) is 0 Å². The standard InChI is InChI=1S/C17H10FNO2S2/c18-11-6-7-14-12(8-11)15(20)13(9-21-14)17-19-16(22-23-17)10-4-2-1-3-5-10/h1-9,17H. The molecule has 1 aliphatic heterocycles. The first-order valence-corrected chi connectivity index (χ1v) is 9.11. The van der Waals surface area contributed by atoms with Crippen LogP contribution in [0.5, 0.6) is 0 Å². The number of benzene rings is 2. The number of halogens is 1. The maximum absolute atomic E-state index is 13.4. The third-order valence-electron chi connectivity index (χ3n) is 3.50. The lowest BCUT2D eigenvalue weighted by Crippen LogP contribution is -2.10. The fourth-order valence-electron chi connectivity index (χ4n) is 2.35. The lowest BCUT2D eigenvalue weighted by atomic mass is 10.1. The van der Waals surface area contributed by atoms with Crippen molar-refractivity contribution in [1.82, 2.24) is 0 Å². The molecule has 3 nitrogen and oxygen atoms in total. The first-order valence-electron chi connectivity index (χ1n) is 6.90. The van der Waals surface area contributed by atoms with E-state index in [4.69, 9.17) is 4.42 Å². The van der Waals surface area contributed by atoms with E-state index in [1.54, 1.807) is 0 Å². The van der Waals surface area contributed by atoms with Crippen LogP contribution < -0.4 is 5.43 Å². The highest BCUT2D eigenvalue weighted by Crippen LogP contribution is 2.47. The SMILES string of the molecule is O=c1c(C2N=C(c3ccccc3)SS2)coc2ccc(F)cc12. The van der Waals surface area contributed by atoms with Gasteiger partial charge in [-0.05, 0) is 29.0 Å². The second-order valence-corrected chi connectivity index (χ2v) is 7.26. The summed E-state index contributed by atoms with van der Waals surface area (Å²) in [6.07, 6.45) is 1.43. The Kier molecular flexibility index (Phi) is 3.71. The molecule has 1 unspecified atom stereocenters. The van der Waals surface area contributed by atoms with Crippen LogP contribution >= 0.6 is 21.6 Å². The van der Waals surface area contributed by atoms with Crippen LogP contribution in [0.1, 0.15) is 16.5 Å². The Morgan fingerprint density at radius 2 is 1.96 bits per heavy atom. The van der Waals surface area contributed by atoms with Crippen LogP contribution in [0.25, 0.3) is 11.0 Å². The highest BCUT2D eigenvalue weighted by atomic mass is 33.1. The number of nitrogens with zero attached hydrogens (tertiary/aromatic N) is 1. The molecule has 0 spiro atoms. The quantitative estimate of drug-likeness (QED) is 0.629. The molecule has 0 aliphatic carbocycles. The first-order chi connectivity index (χ1) is 11.2. The average Bonchev–Trinajstić information content (AvgIpc) is 3.06. The normalized spacial score (nSPS) is 17.4. The van der Waals surface area contributed by atoms with Gasteiger partial charge in [-0.25, -0.2) is 4.39 Å². The molecule has 0 amide bonds. The molecule has 1 atom stereocenters. The predicted octanol–water partition coefficient (Wildman–Crippen LogP) is 4.77. The summed E-state index contributed by atoms with van der Waals surface area (Å²) in [6.45, 7) is 0. The molecule has 2 heterocycles. The minimum atomic E-state index is -0.455. The van der Waals surface area contributed by atoms with Gasteiger partial charge in [0.2, 0.25) is 0 Å². The van der Waals surface area contributed by atoms with Crippen molar-refractivity contribution < 1.29 is 8.81 Å². The van der Waals surface area contributed by atoms with E-state index in [0.29, 0.717) is 11.1 Å². The van der Waals surface area contributed by atoms with Gasteiger partial charge in [0.25, 0.3) is 0 Å². The van der Waals surface area contributed by atoms with Crippen molar-refractivity contribution in [2.24, 2.45) is 4.99 Å². The zero-order valence-corrected chi connectivity index (χ0v) is 13.4. The van der Waals surface area contributed by atoms with Crippen molar-refractivity contribution in [1.29, 1.82) is 0 Å². The van der Waals surface area contributed by atoms with Gasteiger partial charge in [-0.1, -0.05) is 41.1 Å². The summed E-state index contributed by atoms with van der Waals surface area (Å²) in [5.41, 5.74) is 1.60. The third-order valence-corrected chi connectivity index (χ3v) is 5.95. The van der Waals surface area contributed by atoms with Crippen molar-refractivity contribution in [3.8, 4) is 0 Å². The summed E-state index contributed by atoms with van der Waals surface area (Å²) in [4.78, 5) is 17.2. The molecule has 3 aromatic rings. The Morgan fingerprint density at radius 1 is 1.13 bits per heavy atom. The molecule has 1 aliphatic rings. The second-order valence-electron chi connectivity index (χ2n) is 4.99. The van der Waals surface area contributed by atoms with Gasteiger partial charge in [-0.3, -0.25) is 9.79 Å². The molecule has 0 N–H and O–H groups in total. The Bertz CT molecular complexity index is 969. The number of aliphatic imine (C=N–C) groups is 1. The predicted molar refractivity (Wildman–Crippen MR) is 93.3 cm³/mol.